The first-order valence-electron chi connectivity index (χ1n) is 10.0. The number of nitrogens with zero attached hydrogens (tertiary/aromatic N) is 2. The van der Waals surface area contributed by atoms with E-state index in [9.17, 15) is 9.59 Å². The van der Waals surface area contributed by atoms with Gasteiger partial charge in [0, 0.05) is 11.6 Å². The third-order valence-corrected chi connectivity index (χ3v) is 6.86. The number of fused-ring (bicyclic) bond motifs is 1. The molecule has 1 fully saturated rings. The highest BCUT2D eigenvalue weighted by atomic mass is 32.1. The second kappa shape index (κ2) is 8.03. The lowest BCUT2D eigenvalue weighted by Gasteiger charge is -2.34. The molecule has 5 nitrogen and oxygen atoms in total. The number of carbonyl (C=O) groups excluding carboxylic acids is 2. The molecule has 29 heavy (non-hydrogen) atoms. The van der Waals surface area contributed by atoms with Gasteiger partial charge in [-0.05, 0) is 67.9 Å². The average Bonchev–Trinajstić information content (AvgIpc) is 3.18. The number of aryl methyl sites for hydroxylation is 2. The zero-order valence-electron chi connectivity index (χ0n) is 16.9. The predicted octanol–water partition coefficient (Wildman–Crippen LogP) is 5.04. The number of Topliss-reactive ketones (excluding diaryl/α,β-unsaturated/α-hetero) is 1. The van der Waals surface area contributed by atoms with Crippen LogP contribution in [0.3, 0.4) is 0 Å². The molecule has 0 spiro atoms. The fourth-order valence-corrected chi connectivity index (χ4v) is 4.91. The van der Waals surface area contributed by atoms with Crippen molar-refractivity contribution in [2.75, 3.05) is 5.32 Å². The van der Waals surface area contributed by atoms with Gasteiger partial charge in [-0.1, -0.05) is 19.4 Å². The quantitative estimate of drug-likeness (QED) is 0.615. The van der Waals surface area contributed by atoms with Gasteiger partial charge in [0.1, 0.15) is 0 Å². The number of carbonyl (C=O) groups is 2. The van der Waals surface area contributed by atoms with Crippen LogP contribution in [0.15, 0.2) is 36.0 Å². The first kappa shape index (κ1) is 19.7. The Labute approximate surface area is 174 Å². The number of thiazole rings is 1. The Morgan fingerprint density at radius 2 is 1.97 bits per heavy atom. The Morgan fingerprint density at radius 1 is 1.14 bits per heavy atom. The Kier molecular flexibility index (Phi) is 5.46. The summed E-state index contributed by atoms with van der Waals surface area (Å²) in [7, 11) is 0. The minimum atomic E-state index is -0.547. The van der Waals surface area contributed by atoms with Crippen LogP contribution in [0.2, 0.25) is 0 Å². The topological polar surface area (TPSA) is 72.0 Å². The number of benzene rings is 1. The minimum Gasteiger partial charge on any atom is -0.318 e. The molecule has 1 aromatic carbocycles. The number of rotatable bonds is 4. The van der Waals surface area contributed by atoms with Crippen molar-refractivity contribution in [3.63, 3.8) is 0 Å². The first-order chi connectivity index (χ1) is 13.9. The summed E-state index contributed by atoms with van der Waals surface area (Å²) in [5, 5.41) is 2.76. The Hall–Kier alpha value is -2.60. The number of amides is 1. The van der Waals surface area contributed by atoms with Gasteiger partial charge in [-0.3, -0.25) is 14.6 Å². The number of nitrogens with one attached hydrogen (secondary N) is 1. The van der Waals surface area contributed by atoms with Crippen LogP contribution in [0.5, 0.6) is 0 Å². The third kappa shape index (κ3) is 4.08. The monoisotopic (exact) mass is 407 g/mol. The van der Waals surface area contributed by atoms with Crippen LogP contribution < -0.4 is 5.32 Å². The third-order valence-electron chi connectivity index (χ3n) is 6.05. The van der Waals surface area contributed by atoms with Gasteiger partial charge in [-0.25, -0.2) is 4.98 Å². The highest BCUT2D eigenvalue weighted by molar-refractivity contribution is 7.16. The van der Waals surface area contributed by atoms with E-state index in [0.717, 1.165) is 46.3 Å². The molecule has 1 unspecified atom stereocenters. The van der Waals surface area contributed by atoms with Crippen LogP contribution >= 0.6 is 11.3 Å². The highest BCUT2D eigenvalue weighted by Crippen LogP contribution is 2.41. The van der Waals surface area contributed by atoms with Crippen LogP contribution in [-0.4, -0.2) is 21.7 Å². The summed E-state index contributed by atoms with van der Waals surface area (Å²) in [4.78, 5) is 34.6. The largest absolute Gasteiger partial charge is 0.318 e. The number of pyridine rings is 1. The summed E-state index contributed by atoms with van der Waals surface area (Å²) < 4.78 is 1.14. The maximum atomic E-state index is 13.2. The van der Waals surface area contributed by atoms with E-state index in [4.69, 9.17) is 0 Å². The molecule has 0 bridgehead atoms. The van der Waals surface area contributed by atoms with Crippen molar-refractivity contribution < 1.29 is 9.59 Å². The van der Waals surface area contributed by atoms with Crippen molar-refractivity contribution in [3.8, 4) is 0 Å². The number of ketones is 1. The molecule has 1 aliphatic carbocycles. The van der Waals surface area contributed by atoms with Gasteiger partial charge in [-0.15, -0.1) is 11.3 Å². The van der Waals surface area contributed by atoms with E-state index < -0.39 is 5.91 Å². The number of hydrogen-bond donors (Lipinski definition) is 1. The molecule has 3 atom stereocenters. The highest BCUT2D eigenvalue weighted by Gasteiger charge is 2.37. The van der Waals surface area contributed by atoms with Crippen molar-refractivity contribution in [3.05, 3.63) is 52.8 Å². The zero-order chi connectivity index (χ0) is 20.5. The second-order valence-electron chi connectivity index (χ2n) is 8.16. The molecule has 3 aromatic rings. The lowest BCUT2D eigenvalue weighted by Crippen LogP contribution is -2.36. The van der Waals surface area contributed by atoms with Crippen molar-refractivity contribution >= 4 is 38.9 Å². The first-order valence-corrected chi connectivity index (χ1v) is 10.9. The lowest BCUT2D eigenvalue weighted by atomic mass is 9.70. The average molecular weight is 408 g/mol. The van der Waals surface area contributed by atoms with Crippen LogP contribution in [0.25, 0.3) is 10.2 Å². The molecule has 0 aliphatic heterocycles. The van der Waals surface area contributed by atoms with E-state index >= 15 is 0 Å². The summed E-state index contributed by atoms with van der Waals surface area (Å²) >= 11 is 1.61. The Morgan fingerprint density at radius 3 is 2.76 bits per heavy atom. The van der Waals surface area contributed by atoms with Crippen molar-refractivity contribution in [2.24, 2.45) is 11.8 Å². The minimum absolute atomic E-state index is 0.0495. The molecule has 1 amide bonds. The van der Waals surface area contributed by atoms with Gasteiger partial charge in [0.25, 0.3) is 5.91 Å². The van der Waals surface area contributed by atoms with Gasteiger partial charge < -0.3 is 5.32 Å². The van der Waals surface area contributed by atoms with E-state index in [2.05, 4.69) is 40.4 Å². The van der Waals surface area contributed by atoms with Crippen molar-refractivity contribution in [1.82, 2.24) is 9.97 Å². The fourth-order valence-electron chi connectivity index (χ4n) is 4.25. The van der Waals surface area contributed by atoms with Crippen molar-refractivity contribution in [2.45, 2.75) is 46.0 Å². The molecule has 1 saturated carbocycles. The van der Waals surface area contributed by atoms with E-state index in [1.54, 1.807) is 17.5 Å². The maximum Gasteiger partial charge on any atom is 0.292 e. The van der Waals surface area contributed by atoms with Gasteiger partial charge in [0.2, 0.25) is 5.78 Å². The molecular weight excluding hydrogens is 382 g/mol. The van der Waals surface area contributed by atoms with Gasteiger partial charge in [0.05, 0.1) is 27.6 Å². The van der Waals surface area contributed by atoms with Gasteiger partial charge >= 0.3 is 0 Å². The Balaban J connectivity index is 1.57. The zero-order valence-corrected chi connectivity index (χ0v) is 17.8. The molecule has 1 N–H and O–H groups in total. The molecule has 2 heterocycles. The summed E-state index contributed by atoms with van der Waals surface area (Å²) in [6.45, 7) is 6.01. The standard InChI is InChI=1S/C23H25N3O2S/c1-13-4-6-18(16-5-7-21-20(10-16)25-12-29-21)19(8-13)22(27)23(28)26-17-9-14(2)15(3)24-11-17/h5,7,9-13,18-19H,4,6,8H2,1-3H3,(H,26,28)/t13-,18+,19?/m1/s1. The summed E-state index contributed by atoms with van der Waals surface area (Å²) in [6.07, 6.45) is 4.31. The Bertz CT molecular complexity index is 1070. The summed E-state index contributed by atoms with van der Waals surface area (Å²) in [6, 6.07) is 8.10. The summed E-state index contributed by atoms with van der Waals surface area (Å²) in [5.74, 6) is -0.714. The van der Waals surface area contributed by atoms with E-state index in [1.165, 1.54) is 0 Å². The normalized spacial score (nSPS) is 21.8. The molecule has 150 valence electrons. The summed E-state index contributed by atoms with van der Waals surface area (Å²) in [5.41, 5.74) is 6.36. The fraction of sp³-hybridized carbons (Fsp3) is 0.391. The van der Waals surface area contributed by atoms with Crippen LogP contribution in [0, 0.1) is 25.7 Å². The molecule has 6 heteroatoms. The molecule has 2 aromatic heterocycles. The molecule has 0 saturated heterocycles. The molecule has 1 aliphatic rings. The molecule has 4 rings (SSSR count). The number of hydrogen-bond acceptors (Lipinski definition) is 5. The van der Waals surface area contributed by atoms with E-state index in [0.29, 0.717) is 11.6 Å². The number of anilines is 1. The smallest absolute Gasteiger partial charge is 0.292 e. The SMILES string of the molecule is Cc1cc(NC(=O)C(=O)C2C[C@H](C)CC[C@H]2c2ccc3scnc3c2)cnc1C. The van der Waals surface area contributed by atoms with Gasteiger partial charge in [-0.2, -0.15) is 0 Å². The molecule has 0 radical (unpaired) electrons. The van der Waals surface area contributed by atoms with E-state index in [1.807, 2.05) is 25.4 Å². The maximum absolute atomic E-state index is 13.2. The van der Waals surface area contributed by atoms with Crippen molar-refractivity contribution in [1.29, 1.82) is 0 Å². The lowest BCUT2D eigenvalue weighted by molar-refractivity contribution is -0.138. The molecular formula is C23H25N3O2S. The number of aromatic nitrogens is 2. The predicted molar refractivity (Wildman–Crippen MR) is 116 cm³/mol. The van der Waals surface area contributed by atoms with Crippen LogP contribution in [0.4, 0.5) is 5.69 Å². The van der Waals surface area contributed by atoms with E-state index in [-0.39, 0.29) is 17.6 Å². The van der Waals surface area contributed by atoms with Gasteiger partial charge in [0.15, 0.2) is 0 Å². The second-order valence-corrected chi connectivity index (χ2v) is 9.04. The van der Waals surface area contributed by atoms with Crippen LogP contribution in [-0.2, 0) is 9.59 Å². The van der Waals surface area contributed by atoms with Crippen LogP contribution in [0.1, 0.15) is 48.9 Å².